The number of guanidine groups is 1. The summed E-state index contributed by atoms with van der Waals surface area (Å²) in [5.41, 5.74) is 5.16. The maximum absolute atomic E-state index is 11.3. The van der Waals surface area contributed by atoms with Gasteiger partial charge < -0.3 is 26.0 Å². The first-order valence-corrected chi connectivity index (χ1v) is 8.97. The minimum Gasteiger partial charge on any atom is -0.377 e. The number of likely N-dealkylation sites (tertiary alicyclic amines) is 1. The minimum absolute atomic E-state index is 0. The van der Waals surface area contributed by atoms with E-state index < -0.39 is 0 Å². The van der Waals surface area contributed by atoms with Gasteiger partial charge in [-0.2, -0.15) is 0 Å². The largest absolute Gasteiger partial charge is 0.377 e. The highest BCUT2D eigenvalue weighted by Crippen LogP contribution is 2.15. The van der Waals surface area contributed by atoms with E-state index in [9.17, 15) is 4.79 Å². The van der Waals surface area contributed by atoms with Gasteiger partial charge in [-0.1, -0.05) is 0 Å². The first-order valence-electron chi connectivity index (χ1n) is 8.97. The van der Waals surface area contributed by atoms with E-state index in [1.165, 1.54) is 0 Å². The molecule has 0 aromatic heterocycles. The van der Waals surface area contributed by atoms with Crippen LogP contribution in [0.4, 0.5) is 0 Å². The number of halogens is 1. The second-order valence-electron chi connectivity index (χ2n) is 6.98. The van der Waals surface area contributed by atoms with Crippen molar-refractivity contribution in [1.82, 2.24) is 15.5 Å². The average molecular weight is 469 g/mol. The van der Waals surface area contributed by atoms with Gasteiger partial charge in [0.1, 0.15) is 0 Å². The van der Waals surface area contributed by atoms with Crippen LogP contribution in [-0.4, -0.2) is 68.7 Å². The smallest absolute Gasteiger partial charge is 0.221 e. The van der Waals surface area contributed by atoms with Crippen LogP contribution >= 0.6 is 24.0 Å². The summed E-state index contributed by atoms with van der Waals surface area (Å²) in [6.45, 7) is 11.2. The van der Waals surface area contributed by atoms with Crippen LogP contribution in [0.5, 0.6) is 0 Å². The molecule has 1 unspecified atom stereocenters. The van der Waals surface area contributed by atoms with Crippen molar-refractivity contribution in [2.75, 3.05) is 46.4 Å². The monoisotopic (exact) mass is 469 g/mol. The zero-order valence-corrected chi connectivity index (χ0v) is 18.5. The van der Waals surface area contributed by atoms with Gasteiger partial charge in [0.2, 0.25) is 5.91 Å². The summed E-state index contributed by atoms with van der Waals surface area (Å²) in [4.78, 5) is 18.2. The summed E-state index contributed by atoms with van der Waals surface area (Å²) < 4.78 is 5.39. The van der Waals surface area contributed by atoms with Crippen LogP contribution in [0.2, 0.25) is 0 Å². The number of rotatable bonds is 9. The number of ether oxygens (including phenoxy) is 1. The van der Waals surface area contributed by atoms with E-state index >= 15 is 0 Å². The highest BCUT2D eigenvalue weighted by Gasteiger charge is 2.23. The van der Waals surface area contributed by atoms with E-state index in [0.717, 1.165) is 57.9 Å². The number of nitrogens with one attached hydrogen (secondary N) is 2. The fourth-order valence-corrected chi connectivity index (χ4v) is 2.68. The lowest BCUT2D eigenvalue weighted by molar-refractivity contribution is -0.123. The quantitative estimate of drug-likeness (QED) is 0.204. The molecule has 0 saturated carbocycles. The van der Waals surface area contributed by atoms with Gasteiger partial charge in [0.05, 0.1) is 18.1 Å². The molecule has 1 aliphatic heterocycles. The van der Waals surface area contributed by atoms with Crippen molar-refractivity contribution in [1.29, 1.82) is 0 Å². The zero-order valence-electron chi connectivity index (χ0n) is 16.1. The van der Waals surface area contributed by atoms with Crippen molar-refractivity contribution in [3.05, 3.63) is 0 Å². The molecule has 1 saturated heterocycles. The third-order valence-electron chi connectivity index (χ3n) is 4.37. The van der Waals surface area contributed by atoms with Gasteiger partial charge in [-0.25, -0.2) is 0 Å². The molecule has 0 aromatic rings. The van der Waals surface area contributed by atoms with E-state index in [1.54, 1.807) is 7.11 Å². The van der Waals surface area contributed by atoms with Crippen LogP contribution in [0.1, 0.15) is 40.0 Å². The van der Waals surface area contributed by atoms with E-state index in [-0.39, 0.29) is 41.4 Å². The summed E-state index contributed by atoms with van der Waals surface area (Å²) in [7, 11) is 1.70. The molecule has 1 fully saturated rings. The van der Waals surface area contributed by atoms with Crippen molar-refractivity contribution in [2.45, 2.75) is 45.6 Å². The Morgan fingerprint density at radius 1 is 1.40 bits per heavy atom. The number of piperidine rings is 1. The molecule has 148 valence electrons. The van der Waals surface area contributed by atoms with E-state index in [1.807, 2.05) is 13.8 Å². The van der Waals surface area contributed by atoms with E-state index in [4.69, 9.17) is 10.5 Å². The van der Waals surface area contributed by atoms with Gasteiger partial charge in [-0.05, 0) is 53.1 Å². The molecule has 0 aromatic carbocycles. The number of hydrogen-bond acceptors (Lipinski definition) is 4. The van der Waals surface area contributed by atoms with Gasteiger partial charge >= 0.3 is 0 Å². The zero-order chi connectivity index (χ0) is 18.0. The van der Waals surface area contributed by atoms with E-state index in [2.05, 4.69) is 27.4 Å². The van der Waals surface area contributed by atoms with Crippen molar-refractivity contribution in [3.63, 3.8) is 0 Å². The summed E-state index contributed by atoms with van der Waals surface area (Å²) >= 11 is 0. The van der Waals surface area contributed by atoms with Gasteiger partial charge in [-0.3, -0.25) is 9.79 Å². The predicted molar refractivity (Wildman–Crippen MR) is 113 cm³/mol. The number of nitrogens with zero attached hydrogens (tertiary/aromatic N) is 2. The van der Waals surface area contributed by atoms with Gasteiger partial charge in [0.25, 0.3) is 0 Å². The lowest BCUT2D eigenvalue weighted by Gasteiger charge is -2.31. The predicted octanol–water partition coefficient (Wildman–Crippen LogP) is 1.17. The summed E-state index contributed by atoms with van der Waals surface area (Å²) in [5, 5.41) is 6.60. The molecule has 0 radical (unpaired) electrons. The second-order valence-corrected chi connectivity index (χ2v) is 6.98. The molecule has 8 heteroatoms. The van der Waals surface area contributed by atoms with E-state index in [0.29, 0.717) is 6.54 Å². The number of methoxy groups -OCH3 is 1. The lowest BCUT2D eigenvalue weighted by atomic mass is 9.97. The Kier molecular flexibility index (Phi) is 12.4. The molecular formula is C17H36IN5O2. The highest BCUT2D eigenvalue weighted by atomic mass is 127. The maximum Gasteiger partial charge on any atom is 0.221 e. The van der Waals surface area contributed by atoms with Gasteiger partial charge in [0.15, 0.2) is 5.96 Å². The number of primary amides is 1. The molecule has 7 nitrogen and oxygen atoms in total. The topological polar surface area (TPSA) is 92.0 Å². The molecule has 1 aliphatic rings. The standard InChI is InChI=1S/C17H35N5O2.HI/c1-5-19-16(21-13-17(2,3)24-4)20-9-7-11-22-10-6-8-14(12-22)15(18)23;/h14H,5-13H2,1-4H3,(H2,18,23)(H2,19,20,21);1H. The van der Waals surface area contributed by atoms with Crippen molar-refractivity contribution < 1.29 is 9.53 Å². The first kappa shape index (κ1) is 24.4. The van der Waals surface area contributed by atoms with Gasteiger partial charge in [0, 0.05) is 26.7 Å². The Balaban J connectivity index is 0.00000576. The van der Waals surface area contributed by atoms with Crippen LogP contribution in [0.15, 0.2) is 4.99 Å². The average Bonchev–Trinajstić information content (AvgIpc) is 2.56. The van der Waals surface area contributed by atoms with Crippen LogP contribution in [0.3, 0.4) is 0 Å². The number of carbonyl (C=O) groups excluding carboxylic acids is 1. The number of amides is 1. The molecule has 1 heterocycles. The molecule has 0 spiro atoms. The first-order chi connectivity index (χ1) is 11.4. The molecule has 1 rings (SSSR count). The number of carbonyl (C=O) groups is 1. The molecule has 0 aliphatic carbocycles. The van der Waals surface area contributed by atoms with Gasteiger partial charge in [-0.15, -0.1) is 24.0 Å². The Hall–Kier alpha value is -0.610. The Morgan fingerprint density at radius 2 is 2.12 bits per heavy atom. The van der Waals surface area contributed by atoms with Crippen molar-refractivity contribution in [2.24, 2.45) is 16.6 Å². The van der Waals surface area contributed by atoms with Crippen molar-refractivity contribution in [3.8, 4) is 0 Å². The number of hydrogen-bond donors (Lipinski definition) is 3. The summed E-state index contributed by atoms with van der Waals surface area (Å²) in [6.07, 6.45) is 2.98. The Labute approximate surface area is 169 Å². The third kappa shape index (κ3) is 10.2. The number of aliphatic imine (C=N–C) groups is 1. The normalized spacial score (nSPS) is 19.2. The van der Waals surface area contributed by atoms with Crippen molar-refractivity contribution >= 4 is 35.8 Å². The SMILES string of the molecule is CCNC(=NCC(C)(C)OC)NCCCN1CCCC(C(N)=O)C1.I. The fraction of sp³-hybridized carbons (Fsp3) is 0.882. The molecule has 1 amide bonds. The Morgan fingerprint density at radius 3 is 2.72 bits per heavy atom. The molecule has 4 N–H and O–H groups in total. The second kappa shape index (κ2) is 12.7. The summed E-state index contributed by atoms with van der Waals surface area (Å²) in [6, 6.07) is 0. The van der Waals surface area contributed by atoms with Crippen LogP contribution in [-0.2, 0) is 9.53 Å². The van der Waals surface area contributed by atoms with Crippen LogP contribution < -0.4 is 16.4 Å². The lowest BCUT2D eigenvalue weighted by Crippen LogP contribution is -2.43. The van der Waals surface area contributed by atoms with Crippen LogP contribution in [0.25, 0.3) is 0 Å². The fourth-order valence-electron chi connectivity index (χ4n) is 2.68. The Bertz CT molecular complexity index is 418. The minimum atomic E-state index is -0.264. The van der Waals surface area contributed by atoms with Crippen LogP contribution in [0, 0.1) is 5.92 Å². The molecule has 1 atom stereocenters. The third-order valence-corrected chi connectivity index (χ3v) is 4.37. The molecule has 0 bridgehead atoms. The maximum atomic E-state index is 11.3. The number of nitrogens with two attached hydrogens (primary N) is 1. The highest BCUT2D eigenvalue weighted by molar-refractivity contribution is 14.0. The summed E-state index contributed by atoms with van der Waals surface area (Å²) in [5.74, 6) is 0.665. The molecule has 25 heavy (non-hydrogen) atoms. The molecular weight excluding hydrogens is 433 g/mol.